The van der Waals surface area contributed by atoms with Crippen molar-refractivity contribution < 1.29 is 18.2 Å². The molecule has 0 saturated carbocycles. The fraction of sp³-hybridized carbons (Fsp3) is 0.143. The van der Waals surface area contributed by atoms with Crippen molar-refractivity contribution in [3.8, 4) is 0 Å². The van der Waals surface area contributed by atoms with E-state index >= 15 is 0 Å². The van der Waals surface area contributed by atoms with Gasteiger partial charge in [-0.25, -0.2) is 4.21 Å². The monoisotopic (exact) mass is 484 g/mol. The van der Waals surface area contributed by atoms with Crippen LogP contribution in [-0.4, -0.2) is 16.0 Å². The Bertz CT molecular complexity index is 1460. The van der Waals surface area contributed by atoms with Gasteiger partial charge in [-0.3, -0.25) is 9.59 Å². The number of hydrogen-bond acceptors (Lipinski definition) is 4. The quantitative estimate of drug-likeness (QED) is 0.425. The predicted octanol–water partition coefficient (Wildman–Crippen LogP) is 5.15. The zero-order chi connectivity index (χ0) is 24.5. The SMILES string of the molecule is Cc1ccc(C)c(CN2C(=O)c3ccccc3S(=O)c3ccc(C(=O)NCc4ccco4)cc32)c1. The maximum Gasteiger partial charge on any atom is 0.259 e. The fourth-order valence-corrected chi connectivity index (χ4v) is 5.53. The normalized spacial score (nSPS) is 14.7. The van der Waals surface area contributed by atoms with Gasteiger partial charge in [-0.15, -0.1) is 0 Å². The Morgan fingerprint density at radius 2 is 1.80 bits per heavy atom. The van der Waals surface area contributed by atoms with Crippen molar-refractivity contribution in [3.05, 3.63) is 113 Å². The van der Waals surface area contributed by atoms with Crippen molar-refractivity contribution >= 4 is 28.3 Å². The first-order valence-electron chi connectivity index (χ1n) is 11.3. The lowest BCUT2D eigenvalue weighted by molar-refractivity contribution is 0.0945. The molecule has 4 aromatic rings. The topological polar surface area (TPSA) is 79.6 Å². The van der Waals surface area contributed by atoms with Gasteiger partial charge in [0.15, 0.2) is 0 Å². The molecule has 0 fully saturated rings. The molecule has 1 atom stereocenters. The molecule has 1 unspecified atom stereocenters. The van der Waals surface area contributed by atoms with Crippen LogP contribution in [0.1, 0.15) is 43.2 Å². The Labute approximate surface area is 206 Å². The van der Waals surface area contributed by atoms with E-state index in [1.807, 2.05) is 26.0 Å². The average Bonchev–Trinajstić information content (AvgIpc) is 3.38. The van der Waals surface area contributed by atoms with Crippen molar-refractivity contribution in [1.29, 1.82) is 0 Å². The van der Waals surface area contributed by atoms with Crippen LogP contribution in [0, 0.1) is 13.8 Å². The second kappa shape index (κ2) is 9.35. The molecule has 7 heteroatoms. The number of anilines is 1. The van der Waals surface area contributed by atoms with Gasteiger partial charge in [-0.05, 0) is 67.4 Å². The van der Waals surface area contributed by atoms with Crippen molar-refractivity contribution in [2.24, 2.45) is 0 Å². The summed E-state index contributed by atoms with van der Waals surface area (Å²) < 4.78 is 18.9. The third kappa shape index (κ3) is 4.42. The maximum absolute atomic E-state index is 13.8. The van der Waals surface area contributed by atoms with E-state index < -0.39 is 10.8 Å². The van der Waals surface area contributed by atoms with Crippen LogP contribution in [0.2, 0.25) is 0 Å². The summed E-state index contributed by atoms with van der Waals surface area (Å²) in [5, 5.41) is 2.83. The number of aryl methyl sites for hydroxylation is 2. The number of nitrogens with one attached hydrogen (secondary N) is 1. The highest BCUT2D eigenvalue weighted by Crippen LogP contribution is 2.36. The minimum Gasteiger partial charge on any atom is -0.467 e. The average molecular weight is 485 g/mol. The van der Waals surface area contributed by atoms with Gasteiger partial charge < -0.3 is 14.6 Å². The van der Waals surface area contributed by atoms with Gasteiger partial charge in [0, 0.05) is 5.56 Å². The number of amides is 2. The Morgan fingerprint density at radius 3 is 2.60 bits per heavy atom. The molecule has 6 nitrogen and oxygen atoms in total. The molecule has 5 rings (SSSR count). The summed E-state index contributed by atoms with van der Waals surface area (Å²) in [5.74, 6) is 0.0778. The molecule has 1 N–H and O–H groups in total. The lowest BCUT2D eigenvalue weighted by Crippen LogP contribution is -2.31. The first kappa shape index (κ1) is 22.8. The van der Waals surface area contributed by atoms with E-state index in [1.165, 1.54) is 0 Å². The molecule has 0 spiro atoms. The summed E-state index contributed by atoms with van der Waals surface area (Å²) in [7, 11) is -1.58. The molecular formula is C28H24N2O4S. The van der Waals surface area contributed by atoms with Crippen LogP contribution < -0.4 is 10.2 Å². The van der Waals surface area contributed by atoms with Gasteiger partial charge >= 0.3 is 0 Å². The van der Waals surface area contributed by atoms with Crippen LogP contribution in [0.15, 0.2) is 93.3 Å². The van der Waals surface area contributed by atoms with Crippen LogP contribution in [0.4, 0.5) is 5.69 Å². The molecule has 0 radical (unpaired) electrons. The first-order chi connectivity index (χ1) is 16.9. The van der Waals surface area contributed by atoms with Gasteiger partial charge in [0.05, 0.1) is 51.2 Å². The summed E-state index contributed by atoms with van der Waals surface area (Å²) in [4.78, 5) is 29.3. The van der Waals surface area contributed by atoms with Gasteiger partial charge in [0.25, 0.3) is 11.8 Å². The number of fused-ring (bicyclic) bond motifs is 2. The summed E-state index contributed by atoms with van der Waals surface area (Å²) in [6, 6.07) is 21.6. The Morgan fingerprint density at radius 1 is 0.971 bits per heavy atom. The summed E-state index contributed by atoms with van der Waals surface area (Å²) in [6.07, 6.45) is 1.55. The molecule has 3 aromatic carbocycles. The molecule has 0 saturated heterocycles. The van der Waals surface area contributed by atoms with Crippen molar-refractivity contribution in [2.45, 2.75) is 36.7 Å². The zero-order valence-corrected chi connectivity index (χ0v) is 20.2. The third-order valence-electron chi connectivity index (χ3n) is 6.11. The Kier molecular flexibility index (Phi) is 6.09. The van der Waals surface area contributed by atoms with Gasteiger partial charge in [0.2, 0.25) is 0 Å². The molecule has 0 bridgehead atoms. The molecule has 35 heavy (non-hydrogen) atoms. The smallest absolute Gasteiger partial charge is 0.259 e. The molecule has 2 amide bonds. The molecule has 0 aliphatic carbocycles. The number of furan rings is 1. The summed E-state index contributed by atoms with van der Waals surface area (Å²) >= 11 is 0. The van der Waals surface area contributed by atoms with Crippen LogP contribution in [0.5, 0.6) is 0 Å². The minimum absolute atomic E-state index is 0.241. The maximum atomic E-state index is 13.8. The molecule has 1 aliphatic heterocycles. The van der Waals surface area contributed by atoms with Crippen LogP contribution in [-0.2, 0) is 23.9 Å². The van der Waals surface area contributed by atoms with Crippen molar-refractivity contribution in [3.63, 3.8) is 0 Å². The number of hydrogen-bond donors (Lipinski definition) is 1. The lowest BCUT2D eigenvalue weighted by atomic mass is 10.0. The predicted molar refractivity (Wildman–Crippen MR) is 134 cm³/mol. The van der Waals surface area contributed by atoms with E-state index in [2.05, 4.69) is 11.4 Å². The highest BCUT2D eigenvalue weighted by molar-refractivity contribution is 7.85. The fourth-order valence-electron chi connectivity index (χ4n) is 4.19. The number of benzene rings is 3. The standard InChI is InChI=1S/C28H24N2O4S/c1-18-9-10-19(2)21(14-18)17-30-24-15-20(27(31)29-16-22-6-5-13-34-22)11-12-26(24)35(33)25-8-4-3-7-23(25)28(30)32/h3-15H,16-17H2,1-2H3,(H,29,31). The van der Waals surface area contributed by atoms with Crippen LogP contribution >= 0.6 is 0 Å². The second-order valence-electron chi connectivity index (χ2n) is 8.53. The molecule has 1 aromatic heterocycles. The van der Waals surface area contributed by atoms with Crippen molar-refractivity contribution in [2.75, 3.05) is 4.90 Å². The minimum atomic E-state index is -1.58. The molecular weight excluding hydrogens is 460 g/mol. The third-order valence-corrected chi connectivity index (χ3v) is 7.61. The molecule has 176 valence electrons. The molecule has 1 aliphatic rings. The Balaban J connectivity index is 1.58. The highest BCUT2D eigenvalue weighted by Gasteiger charge is 2.31. The van der Waals surface area contributed by atoms with E-state index in [-0.39, 0.29) is 18.4 Å². The molecule has 2 heterocycles. The van der Waals surface area contributed by atoms with Crippen molar-refractivity contribution in [1.82, 2.24) is 5.32 Å². The van der Waals surface area contributed by atoms with E-state index in [9.17, 15) is 13.8 Å². The number of rotatable bonds is 5. The van der Waals surface area contributed by atoms with E-state index in [0.29, 0.717) is 38.9 Å². The van der Waals surface area contributed by atoms with E-state index in [1.54, 1.807) is 65.8 Å². The summed E-state index contributed by atoms with van der Waals surface area (Å²) in [5.41, 5.74) is 4.37. The zero-order valence-electron chi connectivity index (χ0n) is 19.4. The number of carbonyl (C=O) groups excluding carboxylic acids is 2. The second-order valence-corrected chi connectivity index (χ2v) is 9.95. The highest BCUT2D eigenvalue weighted by atomic mass is 32.2. The largest absolute Gasteiger partial charge is 0.467 e. The van der Waals surface area contributed by atoms with Gasteiger partial charge in [0.1, 0.15) is 5.76 Å². The summed E-state index contributed by atoms with van der Waals surface area (Å²) in [6.45, 7) is 4.54. The van der Waals surface area contributed by atoms with Crippen LogP contribution in [0.25, 0.3) is 0 Å². The van der Waals surface area contributed by atoms with Crippen LogP contribution in [0.3, 0.4) is 0 Å². The van der Waals surface area contributed by atoms with E-state index in [4.69, 9.17) is 4.42 Å². The van der Waals surface area contributed by atoms with E-state index in [0.717, 1.165) is 16.7 Å². The first-order valence-corrected chi connectivity index (χ1v) is 12.4. The van der Waals surface area contributed by atoms with Gasteiger partial charge in [-0.2, -0.15) is 0 Å². The number of nitrogens with zero attached hydrogens (tertiary/aromatic N) is 1. The van der Waals surface area contributed by atoms with Gasteiger partial charge in [-0.1, -0.05) is 35.9 Å². The lowest BCUT2D eigenvalue weighted by Gasteiger charge is -2.24. The number of carbonyl (C=O) groups is 2. The Hall–Kier alpha value is -3.97.